The van der Waals surface area contributed by atoms with Gasteiger partial charge in [-0.3, -0.25) is 0 Å². The molecule has 0 aliphatic carbocycles. The molecule has 2 rings (SSSR count). The van der Waals surface area contributed by atoms with Gasteiger partial charge in [0.2, 0.25) is 0 Å². The fraction of sp³-hybridized carbons (Fsp3) is 0.143. The molecule has 0 bridgehead atoms. The smallest absolute Gasteiger partial charge is 0.127 e. The van der Waals surface area contributed by atoms with E-state index in [2.05, 4.69) is 46.1 Å². The van der Waals surface area contributed by atoms with Crippen molar-refractivity contribution in [1.82, 2.24) is 0 Å². The maximum absolute atomic E-state index is 5.68. The highest BCUT2D eigenvalue weighted by Gasteiger charge is 2.16. The number of rotatable bonds is 0. The highest BCUT2D eigenvalue weighted by atomic mass is 127. The first kappa shape index (κ1) is 7.70. The van der Waals surface area contributed by atoms with Gasteiger partial charge in [0.1, 0.15) is 5.50 Å². The normalized spacial score (nSPS) is 21.1. The number of nitrogens with two attached hydrogens (primary N) is 1. The maximum atomic E-state index is 5.68. The van der Waals surface area contributed by atoms with Crippen molar-refractivity contribution in [2.45, 2.75) is 10.4 Å². The summed E-state index contributed by atoms with van der Waals surface area (Å²) in [5.41, 5.74) is 6.87. The quantitative estimate of drug-likeness (QED) is 0.713. The molecule has 0 amide bonds. The SMILES string of the molecule is NC1Nc2ccc(I)cc2S1. The molecule has 1 aliphatic heterocycles. The number of fused-ring (bicyclic) bond motifs is 1. The molecule has 1 heterocycles. The van der Waals surface area contributed by atoms with Crippen molar-refractivity contribution in [3.8, 4) is 0 Å². The lowest BCUT2D eigenvalue weighted by atomic mass is 10.3. The van der Waals surface area contributed by atoms with E-state index in [4.69, 9.17) is 5.73 Å². The molecule has 3 N–H and O–H groups in total. The molecule has 0 saturated heterocycles. The van der Waals surface area contributed by atoms with Crippen molar-refractivity contribution in [2.75, 3.05) is 5.32 Å². The topological polar surface area (TPSA) is 38.0 Å². The Hall–Kier alpha value is 0.0600. The van der Waals surface area contributed by atoms with E-state index >= 15 is 0 Å². The minimum Gasteiger partial charge on any atom is -0.360 e. The fourth-order valence-corrected chi connectivity index (χ4v) is 2.64. The molecule has 0 aromatic heterocycles. The predicted octanol–water partition coefficient (Wildman–Crippen LogP) is 2.05. The number of thioether (sulfide) groups is 1. The molecule has 2 nitrogen and oxygen atoms in total. The van der Waals surface area contributed by atoms with Gasteiger partial charge in [0.25, 0.3) is 0 Å². The maximum Gasteiger partial charge on any atom is 0.127 e. The lowest BCUT2D eigenvalue weighted by Gasteiger charge is -1.99. The molecule has 1 aromatic rings. The van der Waals surface area contributed by atoms with Crippen LogP contribution in [0.15, 0.2) is 23.1 Å². The average Bonchev–Trinajstić information content (AvgIpc) is 2.27. The summed E-state index contributed by atoms with van der Waals surface area (Å²) in [6, 6.07) is 6.28. The minimum atomic E-state index is 0.0307. The van der Waals surface area contributed by atoms with E-state index < -0.39 is 0 Å². The lowest BCUT2D eigenvalue weighted by molar-refractivity contribution is 1.08. The molecule has 1 aliphatic rings. The average molecular weight is 278 g/mol. The second kappa shape index (κ2) is 2.84. The number of hydrogen-bond donors (Lipinski definition) is 2. The largest absolute Gasteiger partial charge is 0.360 e. The van der Waals surface area contributed by atoms with Gasteiger partial charge in [0, 0.05) is 14.2 Å². The zero-order valence-corrected chi connectivity index (χ0v) is 8.65. The van der Waals surface area contributed by atoms with Crippen LogP contribution in [0.1, 0.15) is 0 Å². The molecule has 58 valence electrons. The van der Waals surface area contributed by atoms with E-state index in [1.54, 1.807) is 11.8 Å². The van der Waals surface area contributed by atoms with Crippen molar-refractivity contribution in [3.63, 3.8) is 0 Å². The van der Waals surface area contributed by atoms with Crippen LogP contribution >= 0.6 is 34.4 Å². The van der Waals surface area contributed by atoms with Crippen LogP contribution in [0.3, 0.4) is 0 Å². The van der Waals surface area contributed by atoms with E-state index in [1.165, 1.54) is 8.47 Å². The molecule has 0 saturated carbocycles. The monoisotopic (exact) mass is 278 g/mol. The van der Waals surface area contributed by atoms with Gasteiger partial charge in [0.15, 0.2) is 0 Å². The Balaban J connectivity index is 2.43. The molecule has 4 heteroatoms. The summed E-state index contributed by atoms with van der Waals surface area (Å²) in [6.45, 7) is 0. The van der Waals surface area contributed by atoms with Crippen molar-refractivity contribution in [1.29, 1.82) is 0 Å². The highest BCUT2D eigenvalue weighted by Crippen LogP contribution is 2.36. The summed E-state index contributed by atoms with van der Waals surface area (Å²) < 4.78 is 1.25. The zero-order valence-electron chi connectivity index (χ0n) is 5.67. The molecule has 1 unspecified atom stereocenters. The third-order valence-corrected chi connectivity index (χ3v) is 3.13. The van der Waals surface area contributed by atoms with E-state index in [0.717, 1.165) is 5.69 Å². The summed E-state index contributed by atoms with van der Waals surface area (Å²) >= 11 is 3.97. The van der Waals surface area contributed by atoms with Crippen LogP contribution in [0.25, 0.3) is 0 Å². The number of benzene rings is 1. The molecular formula is C7H7IN2S. The second-order valence-corrected chi connectivity index (χ2v) is 4.75. The van der Waals surface area contributed by atoms with Crippen LogP contribution < -0.4 is 11.1 Å². The first-order chi connectivity index (χ1) is 5.25. The third-order valence-electron chi connectivity index (χ3n) is 1.50. The van der Waals surface area contributed by atoms with Gasteiger partial charge in [-0.25, -0.2) is 0 Å². The van der Waals surface area contributed by atoms with E-state index in [1.807, 2.05) is 0 Å². The third kappa shape index (κ3) is 1.47. The van der Waals surface area contributed by atoms with Crippen molar-refractivity contribution in [3.05, 3.63) is 21.8 Å². The Labute approximate surface area is 83.1 Å². The van der Waals surface area contributed by atoms with Crippen LogP contribution in [0, 0.1) is 3.57 Å². The Morgan fingerprint density at radius 3 is 3.18 bits per heavy atom. The number of anilines is 1. The first-order valence-electron chi connectivity index (χ1n) is 3.24. The molecule has 11 heavy (non-hydrogen) atoms. The van der Waals surface area contributed by atoms with Crippen LogP contribution in [-0.2, 0) is 0 Å². The van der Waals surface area contributed by atoms with Gasteiger partial charge < -0.3 is 11.1 Å². The summed E-state index contributed by atoms with van der Waals surface area (Å²) in [7, 11) is 0. The van der Waals surface area contributed by atoms with Crippen molar-refractivity contribution < 1.29 is 0 Å². The van der Waals surface area contributed by atoms with Gasteiger partial charge in [-0.1, -0.05) is 11.8 Å². The number of hydrogen-bond acceptors (Lipinski definition) is 3. The molecule has 1 atom stereocenters. The van der Waals surface area contributed by atoms with Crippen molar-refractivity contribution in [2.24, 2.45) is 5.73 Å². The van der Waals surface area contributed by atoms with Crippen LogP contribution in [0.2, 0.25) is 0 Å². The van der Waals surface area contributed by atoms with Crippen LogP contribution in [0.4, 0.5) is 5.69 Å². The Morgan fingerprint density at radius 2 is 2.36 bits per heavy atom. The molecule has 0 radical (unpaired) electrons. The van der Waals surface area contributed by atoms with Gasteiger partial charge in [-0.2, -0.15) is 0 Å². The summed E-state index contributed by atoms with van der Waals surface area (Å²) in [6.07, 6.45) is 0. The second-order valence-electron chi connectivity index (χ2n) is 2.32. The Kier molecular flexibility index (Phi) is 1.98. The Morgan fingerprint density at radius 1 is 1.55 bits per heavy atom. The number of nitrogens with one attached hydrogen (secondary N) is 1. The van der Waals surface area contributed by atoms with Gasteiger partial charge in [-0.15, -0.1) is 0 Å². The van der Waals surface area contributed by atoms with Gasteiger partial charge >= 0.3 is 0 Å². The number of halogens is 1. The van der Waals surface area contributed by atoms with Crippen LogP contribution in [0.5, 0.6) is 0 Å². The van der Waals surface area contributed by atoms with E-state index in [-0.39, 0.29) is 5.50 Å². The summed E-state index contributed by atoms with van der Waals surface area (Å²) in [4.78, 5) is 1.25. The zero-order chi connectivity index (χ0) is 7.84. The van der Waals surface area contributed by atoms with E-state index in [0.29, 0.717) is 0 Å². The summed E-state index contributed by atoms with van der Waals surface area (Å²) in [5, 5.41) is 3.16. The van der Waals surface area contributed by atoms with Gasteiger partial charge in [0.05, 0.1) is 0 Å². The minimum absolute atomic E-state index is 0.0307. The molecule has 0 spiro atoms. The van der Waals surface area contributed by atoms with Crippen LogP contribution in [-0.4, -0.2) is 5.50 Å². The standard InChI is InChI=1S/C7H7IN2S/c8-4-1-2-5-6(3-4)11-7(9)10-5/h1-3,7,10H,9H2. The van der Waals surface area contributed by atoms with Gasteiger partial charge in [-0.05, 0) is 40.8 Å². The lowest BCUT2D eigenvalue weighted by Crippen LogP contribution is -2.20. The fourth-order valence-electron chi connectivity index (χ4n) is 1.03. The van der Waals surface area contributed by atoms with E-state index in [9.17, 15) is 0 Å². The van der Waals surface area contributed by atoms with Crippen molar-refractivity contribution >= 4 is 40.0 Å². The molecule has 1 aromatic carbocycles. The molecular weight excluding hydrogens is 271 g/mol. The predicted molar refractivity (Wildman–Crippen MR) is 56.6 cm³/mol. The first-order valence-corrected chi connectivity index (χ1v) is 5.20. The highest BCUT2D eigenvalue weighted by molar-refractivity contribution is 14.1. The Bertz CT molecular complexity index is 290. The summed E-state index contributed by atoms with van der Waals surface area (Å²) in [5.74, 6) is 0. The molecule has 0 fully saturated rings.